The molecule has 3 N–H and O–H groups in total. The van der Waals surface area contributed by atoms with Crippen molar-refractivity contribution in [3.8, 4) is 5.88 Å². The molecule has 0 radical (unpaired) electrons. The maximum Gasteiger partial charge on any atom is 0.404 e. The summed E-state index contributed by atoms with van der Waals surface area (Å²) in [6.45, 7) is 1.68. The number of hydrogen-bond donors (Lipinski definition) is 3. The number of amides is 1. The molecule has 1 saturated carbocycles. The number of rotatable bonds is 3. The summed E-state index contributed by atoms with van der Waals surface area (Å²) in [6.07, 6.45) is 3.28. The van der Waals surface area contributed by atoms with Gasteiger partial charge in [0.05, 0.1) is 30.5 Å². The monoisotopic (exact) mass is 372 g/mol. The van der Waals surface area contributed by atoms with Gasteiger partial charge in [-0.05, 0) is 43.2 Å². The first-order valence-corrected chi connectivity index (χ1v) is 9.22. The second-order valence-corrected chi connectivity index (χ2v) is 7.57. The van der Waals surface area contributed by atoms with Crippen molar-refractivity contribution in [2.75, 3.05) is 25.1 Å². The van der Waals surface area contributed by atoms with Crippen molar-refractivity contribution < 1.29 is 19.7 Å². The number of hydrogen-bond acceptors (Lipinski definition) is 6. The highest BCUT2D eigenvalue weighted by Crippen LogP contribution is 2.47. The lowest BCUT2D eigenvalue weighted by atomic mass is 9.76. The molecule has 1 aliphatic heterocycles. The summed E-state index contributed by atoms with van der Waals surface area (Å²) in [4.78, 5) is 22.2. The maximum atomic E-state index is 10.9. The number of ether oxygens (including phenoxy) is 1. The summed E-state index contributed by atoms with van der Waals surface area (Å²) >= 11 is 0. The molecule has 1 aliphatic carbocycles. The molecular weight excluding hydrogens is 348 g/mol. The Kier molecular flexibility index (Phi) is 4.51. The number of nitrogens with one attached hydrogen (secondary N) is 1. The van der Waals surface area contributed by atoms with Crippen LogP contribution in [0.5, 0.6) is 5.88 Å². The van der Waals surface area contributed by atoms with Gasteiger partial charge in [0.25, 0.3) is 0 Å². The van der Waals surface area contributed by atoms with Crippen LogP contribution in [0.4, 0.5) is 10.5 Å². The van der Waals surface area contributed by atoms with Gasteiger partial charge in [0, 0.05) is 25.4 Å². The first-order valence-electron chi connectivity index (χ1n) is 9.22. The van der Waals surface area contributed by atoms with E-state index < -0.39 is 12.2 Å². The van der Waals surface area contributed by atoms with Crippen LogP contribution < -0.4 is 15.0 Å². The molecule has 2 atom stereocenters. The number of aliphatic hydroxyl groups excluding tert-OH is 1. The lowest BCUT2D eigenvalue weighted by molar-refractivity contribution is 0.126. The Balaban J connectivity index is 1.52. The third-order valence-electron chi connectivity index (χ3n) is 5.98. The smallest absolute Gasteiger partial charge is 0.404 e. The average molecular weight is 372 g/mol. The Bertz CT molecular complexity index is 851. The van der Waals surface area contributed by atoms with Gasteiger partial charge in [0.1, 0.15) is 5.52 Å². The van der Waals surface area contributed by atoms with E-state index in [1.165, 1.54) is 0 Å². The first kappa shape index (κ1) is 17.8. The van der Waals surface area contributed by atoms with Crippen molar-refractivity contribution in [2.24, 2.45) is 5.41 Å². The van der Waals surface area contributed by atoms with Crippen LogP contribution in [-0.2, 0) is 0 Å². The Hall–Kier alpha value is -2.61. The van der Waals surface area contributed by atoms with Gasteiger partial charge in [-0.15, -0.1) is 0 Å². The summed E-state index contributed by atoms with van der Waals surface area (Å²) in [5, 5.41) is 21.7. The number of aliphatic hydroxyl groups is 1. The fourth-order valence-electron chi connectivity index (χ4n) is 4.57. The summed E-state index contributed by atoms with van der Waals surface area (Å²) in [5.41, 5.74) is 2.68. The maximum absolute atomic E-state index is 10.9. The third-order valence-corrected chi connectivity index (χ3v) is 5.98. The summed E-state index contributed by atoms with van der Waals surface area (Å²) in [6, 6.07) is 5.32. The van der Waals surface area contributed by atoms with Crippen LogP contribution in [0.25, 0.3) is 11.0 Å². The van der Waals surface area contributed by atoms with Gasteiger partial charge in [-0.1, -0.05) is 0 Å². The minimum Gasteiger partial charge on any atom is -0.481 e. The van der Waals surface area contributed by atoms with Crippen LogP contribution in [0.3, 0.4) is 0 Å². The van der Waals surface area contributed by atoms with Gasteiger partial charge in [-0.2, -0.15) is 0 Å². The Morgan fingerprint density at radius 1 is 1.30 bits per heavy atom. The SMILES string of the molecule is COc1ccc2nccc(N3CCC4(CC3)C[C@H](NC(=O)O)[C@@H](O)C4)c2n1. The van der Waals surface area contributed by atoms with Crippen LogP contribution in [-0.4, -0.2) is 58.6 Å². The molecule has 0 bridgehead atoms. The van der Waals surface area contributed by atoms with Crippen LogP contribution >= 0.6 is 0 Å². The van der Waals surface area contributed by atoms with Gasteiger partial charge >= 0.3 is 6.09 Å². The zero-order valence-electron chi connectivity index (χ0n) is 15.3. The Morgan fingerprint density at radius 2 is 2.07 bits per heavy atom. The van der Waals surface area contributed by atoms with E-state index in [-0.39, 0.29) is 11.5 Å². The molecule has 144 valence electrons. The van der Waals surface area contributed by atoms with E-state index in [4.69, 9.17) is 9.84 Å². The van der Waals surface area contributed by atoms with Crippen molar-refractivity contribution in [2.45, 2.75) is 37.8 Å². The van der Waals surface area contributed by atoms with Gasteiger partial charge in [0.2, 0.25) is 5.88 Å². The number of aromatic nitrogens is 2. The molecule has 2 aliphatic rings. The number of piperidine rings is 1. The van der Waals surface area contributed by atoms with E-state index >= 15 is 0 Å². The molecule has 8 nitrogen and oxygen atoms in total. The van der Waals surface area contributed by atoms with Crippen molar-refractivity contribution in [1.82, 2.24) is 15.3 Å². The highest BCUT2D eigenvalue weighted by molar-refractivity contribution is 5.88. The molecule has 2 aromatic heterocycles. The fourth-order valence-corrected chi connectivity index (χ4v) is 4.57. The zero-order chi connectivity index (χ0) is 19.0. The topological polar surface area (TPSA) is 108 Å². The molecule has 1 saturated heterocycles. The van der Waals surface area contributed by atoms with Gasteiger partial charge < -0.3 is 25.2 Å². The largest absolute Gasteiger partial charge is 0.481 e. The molecular formula is C19H24N4O4. The zero-order valence-corrected chi connectivity index (χ0v) is 15.3. The normalized spacial score (nSPS) is 24.3. The molecule has 3 heterocycles. The molecule has 1 spiro atoms. The van der Waals surface area contributed by atoms with Crippen LogP contribution in [0.15, 0.2) is 24.4 Å². The van der Waals surface area contributed by atoms with Crippen LogP contribution in [0, 0.1) is 5.41 Å². The predicted molar refractivity (Wildman–Crippen MR) is 100 cm³/mol. The summed E-state index contributed by atoms with van der Waals surface area (Å²) in [7, 11) is 1.60. The number of nitrogens with zero attached hydrogens (tertiary/aromatic N) is 3. The number of carboxylic acid groups (broad SMARTS) is 1. The second kappa shape index (κ2) is 6.84. The summed E-state index contributed by atoms with van der Waals surface area (Å²) < 4.78 is 5.26. The fraction of sp³-hybridized carbons (Fsp3) is 0.526. The Morgan fingerprint density at radius 3 is 2.78 bits per heavy atom. The number of fused-ring (bicyclic) bond motifs is 1. The van der Waals surface area contributed by atoms with E-state index in [1.54, 1.807) is 19.4 Å². The quantitative estimate of drug-likeness (QED) is 0.756. The second-order valence-electron chi connectivity index (χ2n) is 7.57. The van der Waals surface area contributed by atoms with Crippen LogP contribution in [0.2, 0.25) is 0 Å². The summed E-state index contributed by atoms with van der Waals surface area (Å²) in [5.74, 6) is 0.562. The molecule has 2 fully saturated rings. The number of methoxy groups -OCH3 is 1. The van der Waals surface area contributed by atoms with Crippen molar-refractivity contribution in [3.63, 3.8) is 0 Å². The lowest BCUT2D eigenvalue weighted by Gasteiger charge is -2.40. The van der Waals surface area contributed by atoms with Gasteiger partial charge in [-0.25, -0.2) is 9.78 Å². The first-order chi connectivity index (χ1) is 13.0. The molecule has 2 aromatic rings. The number of anilines is 1. The molecule has 8 heteroatoms. The van der Waals surface area contributed by atoms with Crippen molar-refractivity contribution in [3.05, 3.63) is 24.4 Å². The van der Waals surface area contributed by atoms with E-state index in [0.29, 0.717) is 18.7 Å². The van der Waals surface area contributed by atoms with Crippen molar-refractivity contribution >= 4 is 22.8 Å². The highest BCUT2D eigenvalue weighted by atomic mass is 16.5. The van der Waals surface area contributed by atoms with Gasteiger partial charge in [-0.3, -0.25) is 4.98 Å². The number of pyridine rings is 2. The molecule has 1 amide bonds. The van der Waals surface area contributed by atoms with Gasteiger partial charge in [0.15, 0.2) is 0 Å². The molecule has 0 unspecified atom stereocenters. The molecule has 0 aromatic carbocycles. The van der Waals surface area contributed by atoms with E-state index in [1.807, 2.05) is 12.1 Å². The Labute approximate surface area is 157 Å². The van der Waals surface area contributed by atoms with E-state index in [9.17, 15) is 9.90 Å². The van der Waals surface area contributed by atoms with E-state index in [0.717, 1.165) is 42.7 Å². The third kappa shape index (κ3) is 3.37. The van der Waals surface area contributed by atoms with Crippen LogP contribution in [0.1, 0.15) is 25.7 Å². The highest BCUT2D eigenvalue weighted by Gasteiger charge is 2.46. The lowest BCUT2D eigenvalue weighted by Crippen LogP contribution is -2.41. The van der Waals surface area contributed by atoms with Crippen molar-refractivity contribution in [1.29, 1.82) is 0 Å². The predicted octanol–water partition coefficient (Wildman–Crippen LogP) is 2.02. The molecule has 27 heavy (non-hydrogen) atoms. The minimum atomic E-state index is -1.07. The number of carbonyl (C=O) groups is 1. The minimum absolute atomic E-state index is 0.00299. The standard InChI is InChI=1S/C19H24N4O4/c1-27-16-3-2-12-17(22-16)14(4-7-20-12)23-8-5-19(6-9-23)10-13(15(24)11-19)21-18(25)26/h2-4,7,13,15,21,24H,5-6,8-11H2,1H3,(H,25,26)/t13-,15-/m0/s1. The average Bonchev–Trinajstić information content (AvgIpc) is 2.95. The van der Waals surface area contributed by atoms with E-state index in [2.05, 4.69) is 20.2 Å². The molecule has 4 rings (SSSR count).